The number of nitrogens with zero attached hydrogens (tertiary/aromatic N) is 2. The van der Waals surface area contributed by atoms with Gasteiger partial charge in [-0.2, -0.15) is 0 Å². The van der Waals surface area contributed by atoms with Crippen LogP contribution in [0.15, 0.2) is 36.5 Å². The number of benzene rings is 1. The summed E-state index contributed by atoms with van der Waals surface area (Å²) in [5, 5.41) is 1.68. The maximum Gasteiger partial charge on any atom is 0.137 e. The van der Waals surface area contributed by atoms with Crippen LogP contribution < -0.4 is 5.73 Å². The van der Waals surface area contributed by atoms with Crippen molar-refractivity contribution in [3.63, 3.8) is 0 Å². The summed E-state index contributed by atoms with van der Waals surface area (Å²) in [7, 11) is 0. The highest BCUT2D eigenvalue weighted by Gasteiger charge is 2.14. The Morgan fingerprint density at radius 2 is 1.86 bits per heavy atom. The number of nitrogens with two attached hydrogens (primary N) is 1. The van der Waals surface area contributed by atoms with Crippen LogP contribution in [-0.2, 0) is 6.42 Å². The highest BCUT2D eigenvalue weighted by Crippen LogP contribution is 2.31. The Labute approximate surface area is 137 Å². The van der Waals surface area contributed by atoms with Crippen LogP contribution in [0, 0.1) is 0 Å². The first-order chi connectivity index (χ1) is 10.1. The van der Waals surface area contributed by atoms with Gasteiger partial charge in [-0.05, 0) is 30.8 Å². The lowest BCUT2D eigenvalue weighted by Gasteiger charge is -2.05. The first-order valence-electron chi connectivity index (χ1n) is 6.42. The van der Waals surface area contributed by atoms with Gasteiger partial charge in [0.25, 0.3) is 0 Å². The summed E-state index contributed by atoms with van der Waals surface area (Å²) in [6, 6.07) is 9.17. The molecule has 2 heterocycles. The molecule has 0 atom stereocenters. The molecule has 0 bridgehead atoms. The Bertz CT molecular complexity index is 811. The van der Waals surface area contributed by atoms with Crippen molar-refractivity contribution in [2.45, 2.75) is 6.42 Å². The summed E-state index contributed by atoms with van der Waals surface area (Å²) in [6.07, 6.45) is 2.53. The predicted molar refractivity (Wildman–Crippen MR) is 88.4 cm³/mol. The smallest absolute Gasteiger partial charge is 0.137 e. The van der Waals surface area contributed by atoms with Gasteiger partial charge in [-0.3, -0.25) is 0 Å². The molecule has 0 fully saturated rings. The van der Waals surface area contributed by atoms with Crippen LogP contribution in [-0.4, -0.2) is 15.9 Å². The summed E-state index contributed by atoms with van der Waals surface area (Å²) >= 11 is 18.2. The zero-order valence-electron chi connectivity index (χ0n) is 11.0. The van der Waals surface area contributed by atoms with E-state index < -0.39 is 0 Å². The van der Waals surface area contributed by atoms with Gasteiger partial charge in [-0.15, -0.1) is 0 Å². The molecule has 21 heavy (non-hydrogen) atoms. The lowest BCUT2D eigenvalue weighted by atomic mass is 10.1. The number of aromatic nitrogens is 2. The minimum absolute atomic E-state index is 0.503. The fourth-order valence-corrected chi connectivity index (χ4v) is 2.78. The van der Waals surface area contributed by atoms with Crippen molar-refractivity contribution in [1.82, 2.24) is 9.38 Å². The first-order valence-corrected chi connectivity index (χ1v) is 7.55. The second-order valence-corrected chi connectivity index (χ2v) is 5.90. The van der Waals surface area contributed by atoms with Crippen molar-refractivity contribution < 1.29 is 0 Å². The maximum atomic E-state index is 6.10. The zero-order valence-corrected chi connectivity index (χ0v) is 13.3. The average molecular weight is 341 g/mol. The topological polar surface area (TPSA) is 43.3 Å². The molecule has 0 saturated carbocycles. The molecule has 0 unspecified atom stereocenters. The van der Waals surface area contributed by atoms with E-state index in [9.17, 15) is 0 Å². The van der Waals surface area contributed by atoms with Crippen LogP contribution in [0.5, 0.6) is 0 Å². The van der Waals surface area contributed by atoms with E-state index in [1.165, 1.54) is 0 Å². The van der Waals surface area contributed by atoms with E-state index in [1.54, 1.807) is 6.07 Å². The molecule has 3 nitrogen and oxygen atoms in total. The summed E-state index contributed by atoms with van der Waals surface area (Å²) < 4.78 is 1.97. The lowest BCUT2D eigenvalue weighted by molar-refractivity contribution is 0.907. The van der Waals surface area contributed by atoms with Crippen molar-refractivity contribution in [1.29, 1.82) is 0 Å². The van der Waals surface area contributed by atoms with Crippen LogP contribution >= 0.6 is 34.8 Å². The lowest BCUT2D eigenvalue weighted by Crippen LogP contribution is -2.06. The molecule has 0 aliphatic carbocycles. The molecule has 1 aromatic carbocycles. The Morgan fingerprint density at radius 3 is 2.57 bits per heavy atom. The van der Waals surface area contributed by atoms with E-state index in [0.29, 0.717) is 28.0 Å². The average Bonchev–Trinajstić information content (AvgIpc) is 2.81. The summed E-state index contributed by atoms with van der Waals surface area (Å²) in [5.41, 5.74) is 9.32. The SMILES string of the molecule is NCCc1c(-c2ccc(Cl)c(Cl)c2)nc2ccc(Cl)cn12. The van der Waals surface area contributed by atoms with E-state index in [2.05, 4.69) is 4.98 Å². The second-order valence-electron chi connectivity index (χ2n) is 4.65. The van der Waals surface area contributed by atoms with Crippen molar-refractivity contribution >= 4 is 40.4 Å². The number of fused-ring (bicyclic) bond motifs is 1. The number of imidazole rings is 1. The molecule has 6 heteroatoms. The molecule has 0 aliphatic heterocycles. The molecule has 2 N–H and O–H groups in total. The van der Waals surface area contributed by atoms with E-state index in [4.69, 9.17) is 40.5 Å². The summed E-state index contributed by atoms with van der Waals surface area (Å²) in [5.74, 6) is 0. The van der Waals surface area contributed by atoms with E-state index in [-0.39, 0.29) is 0 Å². The molecule has 0 amide bonds. The van der Waals surface area contributed by atoms with E-state index >= 15 is 0 Å². The van der Waals surface area contributed by atoms with Crippen LogP contribution in [0.2, 0.25) is 15.1 Å². The summed E-state index contributed by atoms with van der Waals surface area (Å²) in [6.45, 7) is 0.522. The molecule has 3 rings (SSSR count). The highest BCUT2D eigenvalue weighted by atomic mass is 35.5. The number of rotatable bonds is 3. The van der Waals surface area contributed by atoms with Gasteiger partial charge in [-0.25, -0.2) is 4.98 Å². The third-order valence-electron chi connectivity index (χ3n) is 3.26. The van der Waals surface area contributed by atoms with Gasteiger partial charge in [0.2, 0.25) is 0 Å². The van der Waals surface area contributed by atoms with Gasteiger partial charge >= 0.3 is 0 Å². The van der Waals surface area contributed by atoms with Gasteiger partial charge in [0, 0.05) is 18.2 Å². The highest BCUT2D eigenvalue weighted by molar-refractivity contribution is 6.42. The number of hydrogen-bond acceptors (Lipinski definition) is 2. The normalized spacial score (nSPS) is 11.2. The van der Waals surface area contributed by atoms with Crippen molar-refractivity contribution in [2.24, 2.45) is 5.73 Å². The van der Waals surface area contributed by atoms with Crippen molar-refractivity contribution in [2.75, 3.05) is 6.54 Å². The molecule has 108 valence electrons. The Hall–Kier alpha value is -1.26. The summed E-state index contributed by atoms with van der Waals surface area (Å²) in [4.78, 5) is 4.66. The fourth-order valence-electron chi connectivity index (χ4n) is 2.32. The predicted octanol–water partition coefficient (Wildman–Crippen LogP) is 4.46. The van der Waals surface area contributed by atoms with E-state index in [0.717, 1.165) is 22.6 Å². The van der Waals surface area contributed by atoms with Gasteiger partial charge in [0.05, 0.1) is 26.5 Å². The third-order valence-corrected chi connectivity index (χ3v) is 4.22. The molecule has 0 aliphatic rings. The van der Waals surface area contributed by atoms with Crippen molar-refractivity contribution in [3.8, 4) is 11.3 Å². The Balaban J connectivity index is 2.25. The van der Waals surface area contributed by atoms with Crippen LogP contribution in [0.3, 0.4) is 0 Å². The minimum Gasteiger partial charge on any atom is -0.330 e. The van der Waals surface area contributed by atoms with Crippen LogP contribution in [0.25, 0.3) is 16.9 Å². The second kappa shape index (κ2) is 5.85. The van der Waals surface area contributed by atoms with Gasteiger partial charge < -0.3 is 10.1 Å². The zero-order chi connectivity index (χ0) is 15.0. The Kier molecular flexibility index (Phi) is 4.09. The third kappa shape index (κ3) is 2.74. The minimum atomic E-state index is 0.503. The van der Waals surface area contributed by atoms with Gasteiger partial charge in [0.1, 0.15) is 5.65 Å². The molecule has 3 aromatic rings. The standard InChI is InChI=1S/C15H12Cl3N3/c16-10-2-4-14-20-15(13(5-6-19)21(14)8-10)9-1-3-11(17)12(18)7-9/h1-4,7-8H,5-6,19H2. The van der Waals surface area contributed by atoms with E-state index in [1.807, 2.05) is 34.9 Å². The number of halogens is 3. The number of hydrogen-bond donors (Lipinski definition) is 1. The largest absolute Gasteiger partial charge is 0.330 e. The molecule has 0 spiro atoms. The van der Waals surface area contributed by atoms with Crippen LogP contribution in [0.1, 0.15) is 5.69 Å². The van der Waals surface area contributed by atoms with Gasteiger partial charge in [-0.1, -0.05) is 40.9 Å². The molecule has 2 aromatic heterocycles. The van der Waals surface area contributed by atoms with Crippen LogP contribution in [0.4, 0.5) is 0 Å². The van der Waals surface area contributed by atoms with Gasteiger partial charge in [0.15, 0.2) is 0 Å². The fraction of sp³-hybridized carbons (Fsp3) is 0.133. The number of pyridine rings is 1. The maximum absolute atomic E-state index is 6.10. The van der Waals surface area contributed by atoms with Crippen molar-refractivity contribution in [3.05, 3.63) is 57.3 Å². The monoisotopic (exact) mass is 339 g/mol. The quantitative estimate of drug-likeness (QED) is 0.765. The Morgan fingerprint density at radius 1 is 1.05 bits per heavy atom. The molecule has 0 saturated heterocycles. The molecular formula is C15H12Cl3N3. The molecule has 0 radical (unpaired) electrons. The first kappa shape index (κ1) is 14.7. The molecular weight excluding hydrogens is 329 g/mol.